The minimum atomic E-state index is -0.841. The van der Waals surface area contributed by atoms with E-state index in [2.05, 4.69) is 43.5 Å². The number of nitrogens with one attached hydrogen (secondary N) is 1. The summed E-state index contributed by atoms with van der Waals surface area (Å²) in [5, 5.41) is 23.3. The second kappa shape index (κ2) is 83.5. The number of esters is 1. The maximum Gasteiger partial charge on any atom is 0.305 e. The van der Waals surface area contributed by atoms with Gasteiger partial charge in [0.2, 0.25) is 5.91 Å². The van der Waals surface area contributed by atoms with E-state index in [1.54, 1.807) is 6.08 Å². The highest BCUT2D eigenvalue weighted by Crippen LogP contribution is 2.21. The van der Waals surface area contributed by atoms with Crippen molar-refractivity contribution in [3.8, 4) is 0 Å². The Morgan fingerprint density at radius 1 is 0.298 bits per heavy atom. The molecule has 0 aromatic rings. The summed E-state index contributed by atoms with van der Waals surface area (Å²) in [6, 6.07) is -0.624. The van der Waals surface area contributed by atoms with E-state index in [1.165, 1.54) is 411 Å². The van der Waals surface area contributed by atoms with Gasteiger partial charge in [0.15, 0.2) is 0 Å². The van der Waals surface area contributed by atoms with Crippen molar-refractivity contribution in [3.05, 3.63) is 36.5 Å². The van der Waals surface area contributed by atoms with Crippen molar-refractivity contribution in [1.29, 1.82) is 0 Å². The van der Waals surface area contributed by atoms with E-state index in [9.17, 15) is 19.8 Å². The SMILES string of the molecule is CCCCC/C=C\C/C=C\CCCCCCCCCC(=O)OCCCCCCCCCCCCCCCCCCCCCCCCCCCCCCCCCCCCCCCCCC(=O)NC(CO)C(O)/C=C/CCCCCCCCCCCCCCCCCCCCC. The fourth-order valence-electron chi connectivity index (χ4n) is 13.8. The van der Waals surface area contributed by atoms with E-state index in [4.69, 9.17) is 4.74 Å². The topological polar surface area (TPSA) is 95.9 Å². The van der Waals surface area contributed by atoms with Crippen molar-refractivity contribution in [2.75, 3.05) is 13.2 Å². The zero-order chi connectivity index (χ0) is 67.7. The van der Waals surface area contributed by atoms with Crippen LogP contribution in [-0.2, 0) is 14.3 Å². The Labute approximate surface area is 589 Å². The Morgan fingerprint density at radius 2 is 0.532 bits per heavy atom. The number of amides is 1. The van der Waals surface area contributed by atoms with Gasteiger partial charge in [-0.3, -0.25) is 9.59 Å². The Balaban J connectivity index is 3.31. The minimum Gasteiger partial charge on any atom is -0.466 e. The molecule has 0 rings (SSSR count). The number of hydrogen-bond donors (Lipinski definition) is 3. The van der Waals surface area contributed by atoms with Crippen LogP contribution in [0.2, 0.25) is 0 Å². The first-order chi connectivity index (χ1) is 46.5. The van der Waals surface area contributed by atoms with Crippen LogP contribution in [0.15, 0.2) is 36.5 Å². The van der Waals surface area contributed by atoms with E-state index in [0.717, 1.165) is 51.4 Å². The van der Waals surface area contributed by atoms with E-state index in [1.807, 2.05) is 6.08 Å². The Morgan fingerprint density at radius 3 is 0.830 bits per heavy atom. The number of carbonyl (C=O) groups excluding carboxylic acids is 2. The molecular weight excluding hydrogens is 1150 g/mol. The molecule has 0 bridgehead atoms. The van der Waals surface area contributed by atoms with Crippen LogP contribution in [0.1, 0.15) is 489 Å². The molecule has 0 saturated carbocycles. The molecule has 2 unspecified atom stereocenters. The van der Waals surface area contributed by atoms with Crippen LogP contribution in [0.5, 0.6) is 0 Å². The van der Waals surface area contributed by atoms with Gasteiger partial charge in [0.05, 0.1) is 25.4 Å². The van der Waals surface area contributed by atoms with Crippen LogP contribution >= 0.6 is 0 Å². The molecule has 2 atom stereocenters. The van der Waals surface area contributed by atoms with E-state index < -0.39 is 12.1 Å². The van der Waals surface area contributed by atoms with Crippen molar-refractivity contribution in [3.63, 3.8) is 0 Å². The number of hydrogen-bond acceptors (Lipinski definition) is 5. The second-order valence-corrected chi connectivity index (χ2v) is 29.9. The Bertz CT molecular complexity index is 1520. The average molecular weight is 1320 g/mol. The van der Waals surface area contributed by atoms with Crippen LogP contribution in [0.3, 0.4) is 0 Å². The van der Waals surface area contributed by atoms with Crippen LogP contribution in [0, 0.1) is 0 Å². The molecule has 0 fully saturated rings. The first-order valence-corrected chi connectivity index (χ1v) is 43.3. The lowest BCUT2D eigenvalue weighted by atomic mass is 10.0. The molecule has 0 aliphatic heterocycles. The van der Waals surface area contributed by atoms with Gasteiger partial charge in [-0.1, -0.05) is 448 Å². The van der Waals surface area contributed by atoms with Crippen LogP contribution in [0.25, 0.3) is 0 Å². The molecule has 3 N–H and O–H groups in total. The lowest BCUT2D eigenvalue weighted by Crippen LogP contribution is -2.45. The smallest absolute Gasteiger partial charge is 0.305 e. The maximum absolute atomic E-state index is 12.6. The summed E-state index contributed by atoms with van der Waals surface area (Å²) < 4.78 is 5.51. The van der Waals surface area contributed by atoms with Crippen molar-refractivity contribution in [2.24, 2.45) is 0 Å². The largest absolute Gasteiger partial charge is 0.466 e. The average Bonchev–Trinajstić information content (AvgIpc) is 3.55. The monoisotopic (exact) mass is 1320 g/mol. The van der Waals surface area contributed by atoms with Crippen molar-refractivity contribution in [1.82, 2.24) is 5.32 Å². The molecule has 0 radical (unpaired) electrons. The molecule has 0 aliphatic carbocycles. The fourth-order valence-corrected chi connectivity index (χ4v) is 13.8. The summed E-state index contributed by atoms with van der Waals surface area (Å²) in [6.07, 6.45) is 110. The number of unbranched alkanes of at least 4 members (excludes halogenated alkanes) is 67. The zero-order valence-corrected chi connectivity index (χ0v) is 64.0. The van der Waals surface area contributed by atoms with Crippen molar-refractivity contribution in [2.45, 2.75) is 501 Å². The Hall–Kier alpha value is -1.92. The van der Waals surface area contributed by atoms with E-state index in [-0.39, 0.29) is 18.5 Å². The normalized spacial score (nSPS) is 12.6. The summed E-state index contributed by atoms with van der Waals surface area (Å²) in [5.74, 6) is -0.0399. The molecule has 1 amide bonds. The lowest BCUT2D eigenvalue weighted by molar-refractivity contribution is -0.143. The summed E-state index contributed by atoms with van der Waals surface area (Å²) >= 11 is 0. The predicted molar refractivity (Wildman–Crippen MR) is 416 cm³/mol. The zero-order valence-electron chi connectivity index (χ0n) is 64.0. The summed E-state index contributed by atoms with van der Waals surface area (Å²) in [7, 11) is 0. The standard InChI is InChI=1S/C88H169NO5/c1-3-5-7-9-11-13-15-17-19-21-22-42-45-49-52-56-60-64-68-72-76-80-86(91)85(84-90)89-87(92)81-77-73-69-65-61-57-53-50-46-43-40-38-36-34-32-30-28-26-24-23-25-27-29-31-33-35-37-39-41-44-47-51-55-59-63-67-71-75-79-83-94-88(93)82-78-74-70-66-62-58-54-48-20-18-16-14-12-10-8-6-4-2/h12,14,18,20,76,80,85-86,90-91H,3-11,13,15-17,19,21-75,77-79,81-84H2,1-2H3,(H,89,92)/b14-12-,20-18-,80-76+. The van der Waals surface area contributed by atoms with Gasteiger partial charge in [0, 0.05) is 12.8 Å². The highest BCUT2D eigenvalue weighted by atomic mass is 16.5. The molecule has 0 heterocycles. The van der Waals surface area contributed by atoms with Crippen LogP contribution in [-0.4, -0.2) is 47.4 Å². The first kappa shape index (κ1) is 92.1. The quantitative estimate of drug-likeness (QED) is 0.0320. The van der Waals surface area contributed by atoms with Crippen LogP contribution < -0.4 is 5.32 Å². The second-order valence-electron chi connectivity index (χ2n) is 29.9. The highest BCUT2D eigenvalue weighted by molar-refractivity contribution is 5.76. The molecule has 0 saturated heterocycles. The molecule has 94 heavy (non-hydrogen) atoms. The fraction of sp³-hybridized carbons (Fsp3) is 0.909. The third kappa shape index (κ3) is 79.1. The first-order valence-electron chi connectivity index (χ1n) is 43.3. The molecule has 6 nitrogen and oxygen atoms in total. The van der Waals surface area contributed by atoms with Gasteiger partial charge in [-0.15, -0.1) is 0 Å². The van der Waals surface area contributed by atoms with Crippen LogP contribution in [0.4, 0.5) is 0 Å². The molecule has 0 aromatic heterocycles. The van der Waals surface area contributed by atoms with Crippen molar-refractivity contribution < 1.29 is 24.5 Å². The van der Waals surface area contributed by atoms with Gasteiger partial charge in [0.1, 0.15) is 0 Å². The highest BCUT2D eigenvalue weighted by Gasteiger charge is 2.18. The van der Waals surface area contributed by atoms with Gasteiger partial charge < -0.3 is 20.3 Å². The minimum absolute atomic E-state index is 0.0169. The number of aliphatic hydroxyl groups is 2. The summed E-state index contributed by atoms with van der Waals surface area (Å²) in [6.45, 7) is 4.93. The number of allylic oxidation sites excluding steroid dienone is 5. The number of carbonyl (C=O) groups is 2. The third-order valence-electron chi connectivity index (χ3n) is 20.4. The van der Waals surface area contributed by atoms with Gasteiger partial charge in [-0.2, -0.15) is 0 Å². The van der Waals surface area contributed by atoms with E-state index in [0.29, 0.717) is 19.4 Å². The van der Waals surface area contributed by atoms with E-state index >= 15 is 0 Å². The molecule has 6 heteroatoms. The van der Waals surface area contributed by atoms with Gasteiger partial charge in [-0.25, -0.2) is 0 Å². The molecule has 0 aliphatic rings. The molecule has 0 aromatic carbocycles. The molecular formula is C88H169NO5. The predicted octanol–water partition coefficient (Wildman–Crippen LogP) is 28.9. The lowest BCUT2D eigenvalue weighted by Gasteiger charge is -2.20. The number of ether oxygens (including phenoxy) is 1. The third-order valence-corrected chi connectivity index (χ3v) is 20.4. The molecule has 0 spiro atoms. The summed E-state index contributed by atoms with van der Waals surface area (Å²) in [5.41, 5.74) is 0. The van der Waals surface area contributed by atoms with Crippen molar-refractivity contribution >= 4 is 11.9 Å². The van der Waals surface area contributed by atoms with Gasteiger partial charge in [0.25, 0.3) is 0 Å². The Kier molecular flexibility index (Phi) is 81.8. The van der Waals surface area contributed by atoms with Gasteiger partial charge >= 0.3 is 5.97 Å². The summed E-state index contributed by atoms with van der Waals surface area (Å²) in [4.78, 5) is 24.7. The van der Waals surface area contributed by atoms with Gasteiger partial charge in [-0.05, 0) is 64.2 Å². The number of aliphatic hydroxyl groups excluding tert-OH is 2. The maximum atomic E-state index is 12.6. The molecule has 556 valence electrons. The number of rotatable bonds is 82.